The van der Waals surface area contributed by atoms with Gasteiger partial charge in [0.2, 0.25) is 23.6 Å². The van der Waals surface area contributed by atoms with E-state index >= 15 is 0 Å². The van der Waals surface area contributed by atoms with E-state index in [0.29, 0.717) is 5.69 Å². The minimum atomic E-state index is -0.763. The summed E-state index contributed by atoms with van der Waals surface area (Å²) in [5, 5.41) is 17.6. The maximum absolute atomic E-state index is 13.1. The van der Waals surface area contributed by atoms with Gasteiger partial charge in [-0.15, -0.1) is 0 Å². The number of nitrogens with two attached hydrogens (primary N) is 2. The van der Waals surface area contributed by atoms with Gasteiger partial charge < -0.3 is 62.9 Å². The lowest BCUT2D eigenvalue weighted by molar-refractivity contribution is -0.116. The quantitative estimate of drug-likeness (QED) is 0.0675. The number of hydrogen-bond donors (Lipinski definition) is 9. The number of nitrogens with one attached hydrogen (secondary N) is 7. The summed E-state index contributed by atoms with van der Waals surface area (Å²) >= 11 is 0. The molecule has 20 heteroatoms. The molecular formula is C39H41N9O11. The smallest absolute Gasteiger partial charge is 0.255 e. The monoisotopic (exact) mass is 811 g/mol. The van der Waals surface area contributed by atoms with Crippen LogP contribution in [0.3, 0.4) is 0 Å². The largest absolute Gasteiger partial charge is 0.496 e. The molecule has 0 radical (unpaired) electrons. The van der Waals surface area contributed by atoms with Crippen LogP contribution >= 0.6 is 0 Å². The molecule has 4 aromatic rings. The van der Waals surface area contributed by atoms with E-state index in [1.165, 1.54) is 88.1 Å². The normalized spacial score (nSPS) is 10.2. The van der Waals surface area contributed by atoms with Crippen LogP contribution in [0.25, 0.3) is 0 Å². The number of primary amides is 1. The van der Waals surface area contributed by atoms with E-state index in [1.807, 2.05) is 0 Å². The van der Waals surface area contributed by atoms with Crippen molar-refractivity contribution in [3.05, 3.63) is 101 Å². The lowest BCUT2D eigenvalue weighted by Gasteiger charge is -2.14. The number of rotatable bonds is 18. The van der Waals surface area contributed by atoms with Crippen molar-refractivity contribution in [2.75, 3.05) is 68.8 Å². The van der Waals surface area contributed by atoms with Gasteiger partial charge in [-0.2, -0.15) is 0 Å². The van der Waals surface area contributed by atoms with Crippen molar-refractivity contribution >= 4 is 70.0 Å². The molecule has 4 rings (SSSR count). The molecule has 0 aliphatic rings. The van der Waals surface area contributed by atoms with Crippen LogP contribution in [0.2, 0.25) is 0 Å². The third kappa shape index (κ3) is 12.5. The molecule has 0 fully saturated rings. The summed E-state index contributed by atoms with van der Waals surface area (Å²) < 4.78 is 15.6. The van der Waals surface area contributed by atoms with Crippen molar-refractivity contribution in [2.45, 2.75) is 0 Å². The minimum absolute atomic E-state index is 0.0201. The minimum Gasteiger partial charge on any atom is -0.496 e. The lowest BCUT2D eigenvalue weighted by Crippen LogP contribution is -2.34. The van der Waals surface area contributed by atoms with Crippen LogP contribution in [0.5, 0.6) is 17.2 Å². The highest BCUT2D eigenvalue weighted by atomic mass is 16.5. The van der Waals surface area contributed by atoms with Crippen molar-refractivity contribution in [3.63, 3.8) is 0 Å². The van der Waals surface area contributed by atoms with E-state index in [-0.39, 0.29) is 63.1 Å². The predicted molar refractivity (Wildman–Crippen MR) is 215 cm³/mol. The van der Waals surface area contributed by atoms with Gasteiger partial charge >= 0.3 is 0 Å². The Hall–Kier alpha value is -8.00. The Kier molecular flexibility index (Phi) is 15.4. The van der Waals surface area contributed by atoms with Gasteiger partial charge in [0.1, 0.15) is 17.2 Å². The molecule has 4 aromatic carbocycles. The molecule has 0 aliphatic carbocycles. The van der Waals surface area contributed by atoms with E-state index < -0.39 is 66.9 Å². The summed E-state index contributed by atoms with van der Waals surface area (Å²) in [5.74, 6) is -4.65. The van der Waals surface area contributed by atoms with Gasteiger partial charge in [-0.25, -0.2) is 0 Å². The summed E-state index contributed by atoms with van der Waals surface area (Å²) in [4.78, 5) is 100. The van der Waals surface area contributed by atoms with Crippen LogP contribution in [0.1, 0.15) is 41.4 Å². The van der Waals surface area contributed by atoms with Gasteiger partial charge in [0, 0.05) is 28.3 Å². The van der Waals surface area contributed by atoms with Crippen LogP contribution in [-0.4, -0.2) is 94.8 Å². The fourth-order valence-corrected chi connectivity index (χ4v) is 5.24. The Morgan fingerprint density at radius 2 is 0.847 bits per heavy atom. The Bertz CT molecular complexity index is 2280. The summed E-state index contributed by atoms with van der Waals surface area (Å²) in [6.07, 6.45) is 0. The third-order valence-electron chi connectivity index (χ3n) is 8.03. The number of ether oxygens (including phenoxy) is 3. The first kappa shape index (κ1) is 43.7. The molecule has 0 aromatic heterocycles. The molecule has 20 nitrogen and oxygen atoms in total. The topological polar surface area (TPSA) is 300 Å². The number of amides is 8. The highest BCUT2D eigenvalue weighted by Gasteiger charge is 2.19. The maximum Gasteiger partial charge on any atom is 0.255 e. The van der Waals surface area contributed by atoms with Crippen molar-refractivity contribution in [3.8, 4) is 17.2 Å². The first-order valence-electron chi connectivity index (χ1n) is 17.4. The molecule has 0 spiro atoms. The lowest BCUT2D eigenvalue weighted by atomic mass is 10.1. The van der Waals surface area contributed by atoms with Crippen molar-refractivity contribution in [2.24, 2.45) is 11.5 Å². The molecule has 0 bridgehead atoms. The van der Waals surface area contributed by atoms with Crippen LogP contribution in [-0.2, 0) is 19.2 Å². The standard InChI is InChI=1S/C39H41N9O11/c1-57-29-10-7-23(14-26(29)36(41)53)46-34(51)19-43-38(55)28-16-25(9-12-31(28)59-3)48-35(52)20-44-39(56)27-15-24(8-11-30(27)58-2)47-33(50)18-42-37(54)21-5-4-6-22(13-21)45-32(49)17-40/h4-16H,17-20,40H2,1-3H3,(H2,41,53)(H,42,54)(H,43,55)(H,44,56)(H,45,49)(H,46,51)(H,47,50)(H,48,52). The van der Waals surface area contributed by atoms with E-state index in [9.17, 15) is 38.4 Å². The second-order valence-corrected chi connectivity index (χ2v) is 12.1. The number of carbonyl (C=O) groups is 8. The zero-order valence-corrected chi connectivity index (χ0v) is 32.0. The van der Waals surface area contributed by atoms with Crippen LogP contribution in [0.15, 0.2) is 78.9 Å². The molecular weight excluding hydrogens is 770 g/mol. The number of hydrogen-bond acceptors (Lipinski definition) is 12. The Balaban J connectivity index is 1.31. The maximum atomic E-state index is 13.1. The average molecular weight is 812 g/mol. The Morgan fingerprint density at radius 3 is 1.25 bits per heavy atom. The number of anilines is 4. The van der Waals surface area contributed by atoms with E-state index in [2.05, 4.69) is 37.2 Å². The van der Waals surface area contributed by atoms with Gasteiger partial charge in [0.05, 0.1) is 64.2 Å². The average Bonchev–Trinajstić information content (AvgIpc) is 3.23. The Labute approximate surface area is 336 Å². The molecule has 0 heterocycles. The van der Waals surface area contributed by atoms with Gasteiger partial charge in [-0.3, -0.25) is 38.4 Å². The second kappa shape index (κ2) is 20.8. The highest BCUT2D eigenvalue weighted by Crippen LogP contribution is 2.25. The highest BCUT2D eigenvalue weighted by molar-refractivity contribution is 6.05. The van der Waals surface area contributed by atoms with Gasteiger partial charge in [-0.1, -0.05) is 6.07 Å². The van der Waals surface area contributed by atoms with Gasteiger partial charge in [0.25, 0.3) is 23.6 Å². The fraction of sp³-hybridized carbons (Fsp3) is 0.179. The number of benzene rings is 4. The third-order valence-corrected chi connectivity index (χ3v) is 8.03. The molecule has 59 heavy (non-hydrogen) atoms. The molecule has 0 saturated carbocycles. The predicted octanol–water partition coefficient (Wildman–Crippen LogP) is 0.814. The van der Waals surface area contributed by atoms with E-state index in [4.69, 9.17) is 25.7 Å². The van der Waals surface area contributed by atoms with Gasteiger partial charge in [-0.05, 0) is 72.8 Å². The summed E-state index contributed by atoms with van der Waals surface area (Å²) in [7, 11) is 4.02. The molecule has 0 unspecified atom stereocenters. The SMILES string of the molecule is COc1ccc(NC(=O)CNC(=O)c2cc(NC(=O)CNC(=O)c3cc(NC(=O)CNC(=O)c4cccc(NC(=O)CN)c4)ccc3OC)ccc2OC)cc1C(N)=O. The zero-order chi connectivity index (χ0) is 43.1. The van der Waals surface area contributed by atoms with Crippen LogP contribution < -0.4 is 62.9 Å². The molecule has 0 saturated heterocycles. The second-order valence-electron chi connectivity index (χ2n) is 12.1. The van der Waals surface area contributed by atoms with Crippen molar-refractivity contribution in [1.82, 2.24) is 16.0 Å². The molecule has 11 N–H and O–H groups in total. The summed E-state index contributed by atoms with van der Waals surface area (Å²) in [6, 6.07) is 18.7. The molecule has 0 aliphatic heterocycles. The van der Waals surface area contributed by atoms with Crippen molar-refractivity contribution in [1.29, 1.82) is 0 Å². The summed E-state index contributed by atoms with van der Waals surface area (Å²) in [5.41, 5.74) is 11.8. The fourth-order valence-electron chi connectivity index (χ4n) is 5.24. The molecule has 8 amide bonds. The van der Waals surface area contributed by atoms with E-state index in [0.717, 1.165) is 0 Å². The summed E-state index contributed by atoms with van der Waals surface area (Å²) in [6.45, 7) is -1.65. The zero-order valence-electron chi connectivity index (χ0n) is 32.0. The first-order valence-corrected chi connectivity index (χ1v) is 17.4. The molecule has 0 atom stereocenters. The Morgan fingerprint density at radius 1 is 0.475 bits per heavy atom. The number of methoxy groups -OCH3 is 3. The van der Waals surface area contributed by atoms with Crippen LogP contribution in [0.4, 0.5) is 22.7 Å². The van der Waals surface area contributed by atoms with Crippen molar-refractivity contribution < 1.29 is 52.6 Å². The van der Waals surface area contributed by atoms with Crippen LogP contribution in [0, 0.1) is 0 Å². The number of carbonyl (C=O) groups excluding carboxylic acids is 8. The molecule has 308 valence electrons. The first-order chi connectivity index (χ1) is 28.2. The van der Waals surface area contributed by atoms with E-state index in [1.54, 1.807) is 12.1 Å². The van der Waals surface area contributed by atoms with Gasteiger partial charge in [0.15, 0.2) is 0 Å².